The van der Waals surface area contributed by atoms with E-state index in [0.29, 0.717) is 29.8 Å². The first-order chi connectivity index (χ1) is 13.4. The minimum absolute atomic E-state index is 0.313. The zero-order chi connectivity index (χ0) is 19.9. The third-order valence-corrected chi connectivity index (χ3v) is 5.43. The van der Waals surface area contributed by atoms with Gasteiger partial charge in [0.2, 0.25) is 5.91 Å². The number of aromatic amines is 1. The predicted molar refractivity (Wildman–Crippen MR) is 95.8 cm³/mol. The number of hydrogen-bond acceptors (Lipinski definition) is 10. The molecule has 4 rings (SSSR count). The first kappa shape index (κ1) is 19.0. The molecule has 3 heterocycles. The van der Waals surface area contributed by atoms with Crippen LogP contribution in [0.1, 0.15) is 19.3 Å². The van der Waals surface area contributed by atoms with Crippen LogP contribution in [-0.2, 0) is 9.53 Å². The van der Waals surface area contributed by atoms with Crippen LogP contribution in [0.4, 0.5) is 5.82 Å². The number of carbonyl (C=O) groups is 1. The Hall–Kier alpha value is -2.38. The van der Waals surface area contributed by atoms with Gasteiger partial charge in [-0.25, -0.2) is 15.0 Å². The highest BCUT2D eigenvalue weighted by molar-refractivity contribution is 5.87. The third kappa shape index (κ3) is 3.18. The van der Waals surface area contributed by atoms with E-state index in [1.165, 1.54) is 12.7 Å². The molecule has 0 unspecified atom stereocenters. The monoisotopic (exact) mass is 393 g/mol. The van der Waals surface area contributed by atoms with Crippen LogP contribution in [0, 0.1) is 0 Å². The van der Waals surface area contributed by atoms with Gasteiger partial charge >= 0.3 is 0 Å². The number of rotatable bonds is 5. The van der Waals surface area contributed by atoms with E-state index in [1.807, 2.05) is 0 Å². The summed E-state index contributed by atoms with van der Waals surface area (Å²) in [5.41, 5.74) is 5.94. The van der Waals surface area contributed by atoms with Crippen molar-refractivity contribution in [1.29, 1.82) is 0 Å². The molecular weight excluding hydrogens is 370 g/mol. The van der Waals surface area contributed by atoms with Gasteiger partial charge in [0.1, 0.15) is 30.2 Å². The van der Waals surface area contributed by atoms with Crippen molar-refractivity contribution in [3.05, 3.63) is 12.7 Å². The van der Waals surface area contributed by atoms with Crippen molar-refractivity contribution < 1.29 is 24.9 Å². The lowest BCUT2D eigenvalue weighted by Crippen LogP contribution is -2.69. The van der Waals surface area contributed by atoms with E-state index in [2.05, 4.69) is 30.6 Å². The highest BCUT2D eigenvalue weighted by atomic mass is 16.5. The number of aromatic nitrogens is 4. The molecule has 1 aliphatic heterocycles. The summed E-state index contributed by atoms with van der Waals surface area (Å²) in [5, 5.41) is 36.3. The standard InChI is InChI=1S/C16H23N7O5/c17-16(2-1-3-16)15(27)22-8-7(4-24)28-14(11(26)10(8)25)23-13-9-12(19-5-18-9)20-6-21-13/h5-8,10-11,14,24-26H,1-4,17H2,(H,22,27)(H2,18,19,20,21,23)/t7-,8-,10+,11-,14-/m0/s1. The van der Waals surface area contributed by atoms with E-state index in [1.54, 1.807) is 0 Å². The quantitative estimate of drug-likeness (QED) is 0.287. The maximum atomic E-state index is 12.4. The summed E-state index contributed by atoms with van der Waals surface area (Å²) < 4.78 is 5.70. The van der Waals surface area contributed by atoms with Crippen LogP contribution < -0.4 is 16.4 Å². The van der Waals surface area contributed by atoms with Crippen molar-refractivity contribution in [2.75, 3.05) is 11.9 Å². The lowest BCUT2D eigenvalue weighted by atomic mass is 9.76. The molecule has 5 atom stereocenters. The summed E-state index contributed by atoms with van der Waals surface area (Å²) >= 11 is 0. The van der Waals surface area contributed by atoms with E-state index in [9.17, 15) is 20.1 Å². The molecule has 1 aliphatic carbocycles. The number of fused-ring (bicyclic) bond motifs is 1. The minimum Gasteiger partial charge on any atom is -0.394 e. The number of amides is 1. The number of carbonyl (C=O) groups excluding carboxylic acids is 1. The maximum absolute atomic E-state index is 12.4. The molecule has 1 saturated carbocycles. The molecule has 1 saturated heterocycles. The smallest absolute Gasteiger partial charge is 0.240 e. The Balaban J connectivity index is 1.50. The number of ether oxygens (including phenoxy) is 1. The second-order valence-electron chi connectivity index (χ2n) is 7.24. The highest BCUT2D eigenvalue weighted by Gasteiger charge is 2.48. The third-order valence-electron chi connectivity index (χ3n) is 5.43. The van der Waals surface area contributed by atoms with Crippen molar-refractivity contribution in [3.8, 4) is 0 Å². The van der Waals surface area contributed by atoms with Crippen molar-refractivity contribution in [1.82, 2.24) is 25.3 Å². The van der Waals surface area contributed by atoms with Crippen molar-refractivity contribution in [3.63, 3.8) is 0 Å². The number of hydrogen-bond donors (Lipinski definition) is 7. The van der Waals surface area contributed by atoms with Gasteiger partial charge in [-0.3, -0.25) is 4.79 Å². The molecule has 0 spiro atoms. The van der Waals surface area contributed by atoms with Crippen LogP contribution in [0.3, 0.4) is 0 Å². The van der Waals surface area contributed by atoms with Crippen molar-refractivity contribution >= 4 is 22.9 Å². The Bertz CT molecular complexity index is 855. The Morgan fingerprint density at radius 3 is 2.79 bits per heavy atom. The van der Waals surface area contributed by atoms with Crippen molar-refractivity contribution in [2.45, 2.75) is 55.4 Å². The number of nitrogens with zero attached hydrogens (tertiary/aromatic N) is 3. The minimum atomic E-state index is -1.41. The molecule has 152 valence electrons. The molecule has 28 heavy (non-hydrogen) atoms. The summed E-state index contributed by atoms with van der Waals surface area (Å²) in [7, 11) is 0. The number of nitrogens with one attached hydrogen (secondary N) is 3. The van der Waals surface area contributed by atoms with Gasteiger partial charge in [0, 0.05) is 0 Å². The fraction of sp³-hybridized carbons (Fsp3) is 0.625. The van der Waals surface area contributed by atoms with Gasteiger partial charge in [-0.2, -0.15) is 0 Å². The maximum Gasteiger partial charge on any atom is 0.240 e. The van der Waals surface area contributed by atoms with E-state index < -0.39 is 48.6 Å². The van der Waals surface area contributed by atoms with Crippen LogP contribution in [-0.4, -0.2) is 83.9 Å². The first-order valence-corrected chi connectivity index (χ1v) is 9.06. The lowest BCUT2D eigenvalue weighted by molar-refractivity contribution is -0.186. The fourth-order valence-corrected chi connectivity index (χ4v) is 3.51. The van der Waals surface area contributed by atoms with Crippen LogP contribution in [0.2, 0.25) is 0 Å². The van der Waals surface area contributed by atoms with Gasteiger partial charge in [0.15, 0.2) is 17.7 Å². The number of anilines is 1. The molecular formula is C16H23N7O5. The summed E-state index contributed by atoms with van der Waals surface area (Å²) in [6.07, 6.45) is -0.149. The molecule has 2 fully saturated rings. The first-order valence-electron chi connectivity index (χ1n) is 9.06. The Morgan fingerprint density at radius 2 is 2.11 bits per heavy atom. The summed E-state index contributed by atoms with van der Waals surface area (Å²) in [6.45, 7) is -0.478. The van der Waals surface area contributed by atoms with E-state index in [4.69, 9.17) is 10.5 Å². The molecule has 2 aromatic rings. The molecule has 2 aromatic heterocycles. The molecule has 1 amide bonds. The van der Waals surface area contributed by atoms with Crippen LogP contribution in [0.15, 0.2) is 12.7 Å². The number of imidazole rings is 1. The number of nitrogens with two attached hydrogens (primary N) is 1. The van der Waals surface area contributed by atoms with Gasteiger partial charge in [0.25, 0.3) is 0 Å². The summed E-state index contributed by atoms with van der Waals surface area (Å²) in [4.78, 5) is 27.4. The Morgan fingerprint density at radius 1 is 1.32 bits per heavy atom. The number of aliphatic hydroxyl groups is 3. The summed E-state index contributed by atoms with van der Waals surface area (Å²) in [5.74, 6) is -0.119. The molecule has 0 bridgehead atoms. The van der Waals surface area contributed by atoms with Crippen LogP contribution in [0.5, 0.6) is 0 Å². The molecule has 0 radical (unpaired) electrons. The van der Waals surface area contributed by atoms with Gasteiger partial charge in [0.05, 0.1) is 24.5 Å². The molecule has 12 heteroatoms. The zero-order valence-corrected chi connectivity index (χ0v) is 14.9. The average Bonchev–Trinajstić information content (AvgIpc) is 3.15. The second-order valence-corrected chi connectivity index (χ2v) is 7.24. The van der Waals surface area contributed by atoms with E-state index in [-0.39, 0.29) is 0 Å². The number of aliphatic hydroxyl groups excluding tert-OH is 3. The highest BCUT2D eigenvalue weighted by Crippen LogP contribution is 2.30. The van der Waals surface area contributed by atoms with Gasteiger partial charge in [-0.05, 0) is 19.3 Å². The van der Waals surface area contributed by atoms with Gasteiger partial charge in [-0.15, -0.1) is 0 Å². The van der Waals surface area contributed by atoms with E-state index in [0.717, 1.165) is 6.42 Å². The average molecular weight is 393 g/mol. The van der Waals surface area contributed by atoms with Gasteiger partial charge in [-0.1, -0.05) is 0 Å². The van der Waals surface area contributed by atoms with Crippen LogP contribution >= 0.6 is 0 Å². The zero-order valence-electron chi connectivity index (χ0n) is 14.9. The van der Waals surface area contributed by atoms with Crippen LogP contribution in [0.25, 0.3) is 11.2 Å². The lowest BCUT2D eigenvalue weighted by Gasteiger charge is -2.45. The molecule has 2 aliphatic rings. The Kier molecular flexibility index (Phi) is 4.89. The predicted octanol–water partition coefficient (Wildman–Crippen LogP) is -2.43. The molecule has 8 N–H and O–H groups in total. The normalized spacial score (nSPS) is 31.9. The van der Waals surface area contributed by atoms with Gasteiger partial charge < -0.3 is 41.4 Å². The Labute approximate surface area is 159 Å². The largest absolute Gasteiger partial charge is 0.394 e. The topological polar surface area (TPSA) is 192 Å². The fourth-order valence-electron chi connectivity index (χ4n) is 3.51. The molecule has 0 aromatic carbocycles. The van der Waals surface area contributed by atoms with E-state index >= 15 is 0 Å². The van der Waals surface area contributed by atoms with Crippen molar-refractivity contribution in [2.24, 2.45) is 5.73 Å². The SMILES string of the molecule is NC1(C(=O)N[C@@H]2[C@@H](O)[C@H](O)[C@@H](Nc3ncnc4nc[nH]c34)O[C@H]2CO)CCC1. The number of H-pyrrole nitrogens is 1. The second kappa shape index (κ2) is 7.22. The molecule has 12 nitrogen and oxygen atoms in total. The summed E-state index contributed by atoms with van der Waals surface area (Å²) in [6, 6.07) is -1.01.